The SMILES string of the molecule is Cc1cc(C(=O)N2CCO[C@H](c3ccc(C(F)(F)F)cc3)C2)on1. The van der Waals surface area contributed by atoms with Gasteiger partial charge in [-0.25, -0.2) is 0 Å². The van der Waals surface area contributed by atoms with E-state index in [2.05, 4.69) is 5.16 Å². The van der Waals surface area contributed by atoms with Gasteiger partial charge in [0.25, 0.3) is 5.91 Å². The molecule has 0 bridgehead atoms. The Labute approximate surface area is 136 Å². The van der Waals surface area contributed by atoms with E-state index in [1.807, 2.05) is 0 Å². The van der Waals surface area contributed by atoms with Crippen molar-refractivity contribution in [2.45, 2.75) is 19.2 Å². The first-order valence-electron chi connectivity index (χ1n) is 7.36. The van der Waals surface area contributed by atoms with Crippen molar-refractivity contribution in [3.63, 3.8) is 0 Å². The summed E-state index contributed by atoms with van der Waals surface area (Å²) in [6, 6.07) is 6.32. The maximum atomic E-state index is 12.6. The Morgan fingerprint density at radius 1 is 1.29 bits per heavy atom. The summed E-state index contributed by atoms with van der Waals surface area (Å²) in [7, 11) is 0. The smallest absolute Gasteiger partial charge is 0.370 e. The molecule has 0 spiro atoms. The molecule has 2 heterocycles. The van der Waals surface area contributed by atoms with Crippen LogP contribution in [0.1, 0.15) is 33.5 Å². The van der Waals surface area contributed by atoms with Crippen LogP contribution in [0.2, 0.25) is 0 Å². The molecule has 0 radical (unpaired) electrons. The molecule has 1 fully saturated rings. The summed E-state index contributed by atoms with van der Waals surface area (Å²) in [4.78, 5) is 13.9. The van der Waals surface area contributed by atoms with Crippen LogP contribution in [-0.2, 0) is 10.9 Å². The zero-order chi connectivity index (χ0) is 17.3. The fourth-order valence-corrected chi connectivity index (χ4v) is 2.54. The lowest BCUT2D eigenvalue weighted by atomic mass is 10.0. The number of halogens is 3. The van der Waals surface area contributed by atoms with E-state index in [1.165, 1.54) is 12.1 Å². The summed E-state index contributed by atoms with van der Waals surface area (Å²) in [5, 5.41) is 3.68. The van der Waals surface area contributed by atoms with Gasteiger partial charge in [-0.05, 0) is 24.6 Å². The minimum Gasteiger partial charge on any atom is -0.370 e. The van der Waals surface area contributed by atoms with E-state index in [4.69, 9.17) is 9.26 Å². The molecule has 1 saturated heterocycles. The standard InChI is InChI=1S/C16H15F3N2O3/c1-10-8-13(24-20-10)15(22)21-6-7-23-14(9-21)11-2-4-12(5-3-11)16(17,18)19/h2-5,8,14H,6-7,9H2,1H3/t14-/m0/s1. The Balaban J connectivity index is 1.72. The molecule has 1 aliphatic heterocycles. The fraction of sp³-hybridized carbons (Fsp3) is 0.375. The Kier molecular flexibility index (Phi) is 4.31. The molecule has 24 heavy (non-hydrogen) atoms. The summed E-state index contributed by atoms with van der Waals surface area (Å²) >= 11 is 0. The molecule has 8 heteroatoms. The van der Waals surface area contributed by atoms with Crippen molar-refractivity contribution in [2.24, 2.45) is 0 Å². The van der Waals surface area contributed by atoms with Crippen molar-refractivity contribution in [3.05, 3.63) is 52.9 Å². The van der Waals surface area contributed by atoms with Gasteiger partial charge in [-0.1, -0.05) is 17.3 Å². The molecule has 0 saturated carbocycles. The summed E-state index contributed by atoms with van der Waals surface area (Å²) in [5.74, 6) is -0.170. The number of hydrogen-bond acceptors (Lipinski definition) is 4. The van der Waals surface area contributed by atoms with E-state index in [-0.39, 0.29) is 18.2 Å². The highest BCUT2D eigenvalue weighted by atomic mass is 19.4. The van der Waals surface area contributed by atoms with Crippen LogP contribution in [0.15, 0.2) is 34.9 Å². The van der Waals surface area contributed by atoms with Crippen LogP contribution in [0.3, 0.4) is 0 Å². The molecular weight excluding hydrogens is 325 g/mol. The van der Waals surface area contributed by atoms with Crippen LogP contribution in [0.25, 0.3) is 0 Å². The minimum atomic E-state index is -4.38. The highest BCUT2D eigenvalue weighted by Gasteiger charge is 2.31. The topological polar surface area (TPSA) is 55.6 Å². The normalized spacial score (nSPS) is 18.7. The van der Waals surface area contributed by atoms with E-state index < -0.39 is 17.8 Å². The summed E-state index contributed by atoms with van der Waals surface area (Å²) in [6.07, 6.45) is -4.85. The molecular formula is C16H15F3N2O3. The van der Waals surface area contributed by atoms with Gasteiger partial charge in [-0.3, -0.25) is 4.79 Å². The zero-order valence-electron chi connectivity index (χ0n) is 12.8. The van der Waals surface area contributed by atoms with E-state index in [0.717, 1.165) is 12.1 Å². The van der Waals surface area contributed by atoms with E-state index >= 15 is 0 Å². The number of alkyl halides is 3. The number of morpholine rings is 1. The molecule has 1 atom stereocenters. The number of carbonyl (C=O) groups is 1. The molecule has 5 nitrogen and oxygen atoms in total. The highest BCUT2D eigenvalue weighted by Crippen LogP contribution is 2.31. The van der Waals surface area contributed by atoms with Crippen molar-refractivity contribution in [3.8, 4) is 0 Å². The maximum Gasteiger partial charge on any atom is 0.416 e. The van der Waals surface area contributed by atoms with Crippen LogP contribution >= 0.6 is 0 Å². The largest absolute Gasteiger partial charge is 0.416 e. The number of nitrogens with zero attached hydrogens (tertiary/aromatic N) is 2. The summed E-state index contributed by atoms with van der Waals surface area (Å²) < 4.78 is 48.4. The molecule has 1 aromatic heterocycles. The van der Waals surface area contributed by atoms with Crippen molar-refractivity contribution < 1.29 is 27.2 Å². The van der Waals surface area contributed by atoms with Crippen LogP contribution in [0.5, 0.6) is 0 Å². The zero-order valence-corrected chi connectivity index (χ0v) is 12.8. The van der Waals surface area contributed by atoms with Crippen molar-refractivity contribution >= 4 is 5.91 Å². The molecule has 0 aliphatic carbocycles. The first-order valence-corrected chi connectivity index (χ1v) is 7.36. The lowest BCUT2D eigenvalue weighted by Gasteiger charge is -2.32. The van der Waals surface area contributed by atoms with Crippen molar-refractivity contribution in [2.75, 3.05) is 19.7 Å². The predicted molar refractivity (Wildman–Crippen MR) is 77.3 cm³/mol. The van der Waals surface area contributed by atoms with Crippen molar-refractivity contribution in [1.82, 2.24) is 10.1 Å². The Bertz CT molecular complexity index is 725. The number of amides is 1. The fourth-order valence-electron chi connectivity index (χ4n) is 2.54. The van der Waals surface area contributed by atoms with Gasteiger partial charge >= 0.3 is 6.18 Å². The first kappa shape index (κ1) is 16.5. The second kappa shape index (κ2) is 6.27. The van der Waals surface area contributed by atoms with E-state index in [9.17, 15) is 18.0 Å². The second-order valence-corrected chi connectivity index (χ2v) is 5.56. The lowest BCUT2D eigenvalue weighted by molar-refractivity contribution is -0.137. The molecule has 128 valence electrons. The van der Waals surface area contributed by atoms with Gasteiger partial charge in [0.05, 0.1) is 24.4 Å². The number of ether oxygens (including phenoxy) is 1. The van der Waals surface area contributed by atoms with Crippen LogP contribution in [0, 0.1) is 6.92 Å². The Morgan fingerprint density at radius 3 is 2.58 bits per heavy atom. The number of benzene rings is 1. The highest BCUT2D eigenvalue weighted by molar-refractivity contribution is 5.91. The number of aromatic nitrogens is 1. The number of carbonyl (C=O) groups excluding carboxylic acids is 1. The Morgan fingerprint density at radius 2 is 2.00 bits per heavy atom. The molecule has 1 aromatic carbocycles. The third-order valence-electron chi connectivity index (χ3n) is 3.80. The summed E-state index contributed by atoms with van der Waals surface area (Å²) in [6.45, 7) is 2.63. The average molecular weight is 340 g/mol. The van der Waals surface area contributed by atoms with Crippen LogP contribution in [-0.4, -0.2) is 35.7 Å². The maximum absolute atomic E-state index is 12.6. The molecule has 3 rings (SSSR count). The van der Waals surface area contributed by atoms with Gasteiger partial charge in [0.1, 0.15) is 6.10 Å². The van der Waals surface area contributed by atoms with Gasteiger partial charge in [0.15, 0.2) is 0 Å². The average Bonchev–Trinajstić information content (AvgIpc) is 3.00. The lowest BCUT2D eigenvalue weighted by Crippen LogP contribution is -2.42. The van der Waals surface area contributed by atoms with E-state index in [0.29, 0.717) is 24.4 Å². The third kappa shape index (κ3) is 3.43. The summed E-state index contributed by atoms with van der Waals surface area (Å²) in [5.41, 5.74) is 0.479. The van der Waals surface area contributed by atoms with Gasteiger partial charge in [-0.2, -0.15) is 13.2 Å². The van der Waals surface area contributed by atoms with Gasteiger partial charge < -0.3 is 14.2 Å². The van der Waals surface area contributed by atoms with Crippen LogP contribution in [0.4, 0.5) is 13.2 Å². The molecule has 0 unspecified atom stereocenters. The Hall–Kier alpha value is -2.35. The molecule has 1 aliphatic rings. The molecule has 2 aromatic rings. The third-order valence-corrected chi connectivity index (χ3v) is 3.80. The second-order valence-electron chi connectivity index (χ2n) is 5.56. The molecule has 0 N–H and O–H groups in total. The van der Waals surface area contributed by atoms with Gasteiger partial charge in [0.2, 0.25) is 5.76 Å². The van der Waals surface area contributed by atoms with E-state index in [1.54, 1.807) is 17.9 Å². The number of aryl methyl sites for hydroxylation is 1. The first-order chi connectivity index (χ1) is 11.3. The van der Waals surface area contributed by atoms with Crippen LogP contribution < -0.4 is 0 Å². The minimum absolute atomic E-state index is 0.139. The number of hydrogen-bond donors (Lipinski definition) is 0. The molecule has 1 amide bonds. The van der Waals surface area contributed by atoms with Crippen molar-refractivity contribution in [1.29, 1.82) is 0 Å². The van der Waals surface area contributed by atoms with Gasteiger partial charge in [0, 0.05) is 12.6 Å². The monoisotopic (exact) mass is 340 g/mol. The van der Waals surface area contributed by atoms with Gasteiger partial charge in [-0.15, -0.1) is 0 Å². The quantitative estimate of drug-likeness (QED) is 0.842. The number of rotatable bonds is 2. The predicted octanol–water partition coefficient (Wildman–Crippen LogP) is 3.22.